The Kier molecular flexibility index (Phi) is 6.40. The van der Waals surface area contributed by atoms with Gasteiger partial charge in [0.1, 0.15) is 17.6 Å². The molecule has 2 aromatic heterocycles. The minimum absolute atomic E-state index is 0.0345. The number of aromatic nitrogens is 3. The van der Waals surface area contributed by atoms with E-state index in [0.717, 1.165) is 4.68 Å². The summed E-state index contributed by atoms with van der Waals surface area (Å²) in [5, 5.41) is 15.1. The van der Waals surface area contributed by atoms with Crippen LogP contribution in [0.2, 0.25) is 10.0 Å². The van der Waals surface area contributed by atoms with E-state index >= 15 is 0 Å². The van der Waals surface area contributed by atoms with Crippen molar-refractivity contribution in [1.29, 1.82) is 5.26 Å². The lowest BCUT2D eigenvalue weighted by Crippen LogP contribution is -2.09. The Morgan fingerprint density at radius 2 is 1.83 bits per heavy atom. The Balaban J connectivity index is 2.24. The molecule has 0 aliphatic carbocycles. The zero-order valence-electron chi connectivity index (χ0n) is 14.4. The Morgan fingerprint density at radius 1 is 1.17 bits per heavy atom. The maximum absolute atomic E-state index is 13.1. The minimum atomic E-state index is -4.71. The summed E-state index contributed by atoms with van der Waals surface area (Å²) in [5.41, 5.74) is -1.72. The molecule has 0 aliphatic heterocycles. The third-order valence-electron chi connectivity index (χ3n) is 3.62. The zero-order chi connectivity index (χ0) is 22.1. The largest absolute Gasteiger partial charge is 0.416 e. The van der Waals surface area contributed by atoms with Gasteiger partial charge in [-0.25, -0.2) is 9.67 Å². The molecule has 30 heavy (non-hydrogen) atoms. The lowest BCUT2D eigenvalue weighted by molar-refractivity contribution is -0.137. The monoisotopic (exact) mass is 479 g/mol. The van der Waals surface area contributed by atoms with E-state index in [4.69, 9.17) is 23.2 Å². The van der Waals surface area contributed by atoms with E-state index < -0.39 is 33.2 Å². The molecule has 0 spiro atoms. The van der Waals surface area contributed by atoms with Crippen LogP contribution in [0.5, 0.6) is 0 Å². The van der Waals surface area contributed by atoms with Gasteiger partial charge in [0.2, 0.25) is 0 Å². The SMILES string of the molecule is N#Cc1nn(-c2c(Cl)cc(C(F)(F)F)cc2Cl)c(Nc2ccccn2)c1SC(F)F. The second-order valence-electron chi connectivity index (χ2n) is 5.55. The highest BCUT2D eigenvalue weighted by molar-refractivity contribution is 7.99. The molecule has 3 rings (SSSR count). The van der Waals surface area contributed by atoms with Crippen LogP contribution >= 0.6 is 35.0 Å². The van der Waals surface area contributed by atoms with Crippen LogP contribution in [0.4, 0.5) is 33.6 Å². The Morgan fingerprint density at radius 3 is 2.33 bits per heavy atom. The van der Waals surface area contributed by atoms with Crippen LogP contribution < -0.4 is 5.32 Å². The second-order valence-corrected chi connectivity index (χ2v) is 7.37. The van der Waals surface area contributed by atoms with Gasteiger partial charge in [0, 0.05) is 6.20 Å². The number of nitriles is 1. The van der Waals surface area contributed by atoms with E-state index in [1.165, 1.54) is 12.3 Å². The standard InChI is InChI=1S/C17H8Cl2F5N5S/c18-9-5-8(17(22,23)24)6-10(19)13(9)29-15(27-12-3-1-2-4-26-12)14(30-16(20)21)11(7-25)28-29/h1-6,16H,(H,26,27). The Bertz CT molecular complexity index is 1090. The van der Waals surface area contributed by atoms with Crippen LogP contribution in [0.3, 0.4) is 0 Å². The normalized spacial score (nSPS) is 11.6. The van der Waals surface area contributed by atoms with E-state index in [1.807, 2.05) is 0 Å². The van der Waals surface area contributed by atoms with Gasteiger partial charge in [0.15, 0.2) is 11.5 Å². The van der Waals surface area contributed by atoms with Crippen LogP contribution in [0.1, 0.15) is 11.3 Å². The summed E-state index contributed by atoms with van der Waals surface area (Å²) in [4.78, 5) is 3.76. The van der Waals surface area contributed by atoms with E-state index in [9.17, 15) is 27.2 Å². The number of pyridine rings is 1. The van der Waals surface area contributed by atoms with E-state index in [-0.39, 0.29) is 34.0 Å². The van der Waals surface area contributed by atoms with Gasteiger partial charge in [-0.3, -0.25) is 0 Å². The van der Waals surface area contributed by atoms with Crippen LogP contribution in [-0.4, -0.2) is 20.5 Å². The number of nitrogens with one attached hydrogen (secondary N) is 1. The van der Waals surface area contributed by atoms with E-state index in [0.29, 0.717) is 12.1 Å². The molecule has 0 saturated carbocycles. The predicted molar refractivity (Wildman–Crippen MR) is 103 cm³/mol. The van der Waals surface area contributed by atoms with Crippen LogP contribution in [0.25, 0.3) is 5.69 Å². The van der Waals surface area contributed by atoms with Crippen molar-refractivity contribution in [3.63, 3.8) is 0 Å². The number of hydrogen-bond donors (Lipinski definition) is 1. The molecule has 1 aromatic carbocycles. The lowest BCUT2D eigenvalue weighted by Gasteiger charge is -2.15. The molecule has 0 bridgehead atoms. The Labute approximate surface area is 180 Å². The molecule has 0 amide bonds. The van der Waals surface area contributed by atoms with Gasteiger partial charge in [0.05, 0.1) is 20.5 Å². The zero-order valence-corrected chi connectivity index (χ0v) is 16.7. The molecule has 0 aliphatic rings. The van der Waals surface area contributed by atoms with Gasteiger partial charge in [-0.15, -0.1) is 0 Å². The molecular formula is C17H8Cl2F5N5S. The van der Waals surface area contributed by atoms with Crippen molar-refractivity contribution in [2.75, 3.05) is 5.32 Å². The molecule has 0 saturated heterocycles. The van der Waals surface area contributed by atoms with Crippen molar-refractivity contribution in [3.8, 4) is 11.8 Å². The molecule has 5 nitrogen and oxygen atoms in total. The first-order valence-electron chi connectivity index (χ1n) is 7.84. The maximum atomic E-state index is 13.1. The molecule has 0 fully saturated rings. The minimum Gasteiger partial charge on any atom is -0.324 e. The first kappa shape index (κ1) is 22.1. The van der Waals surface area contributed by atoms with E-state index in [2.05, 4.69) is 15.4 Å². The van der Waals surface area contributed by atoms with Crippen molar-refractivity contribution >= 4 is 46.6 Å². The highest BCUT2D eigenvalue weighted by Crippen LogP contribution is 2.42. The molecule has 2 heterocycles. The molecule has 0 unspecified atom stereocenters. The molecule has 13 heteroatoms. The average Bonchev–Trinajstić information content (AvgIpc) is 2.98. The van der Waals surface area contributed by atoms with Crippen molar-refractivity contribution in [2.24, 2.45) is 0 Å². The highest BCUT2D eigenvalue weighted by Gasteiger charge is 2.33. The fraction of sp³-hybridized carbons (Fsp3) is 0.118. The molecule has 1 N–H and O–H groups in total. The number of thioether (sulfide) groups is 1. The fourth-order valence-corrected chi connectivity index (χ4v) is 3.71. The van der Waals surface area contributed by atoms with Crippen LogP contribution in [0.15, 0.2) is 41.4 Å². The summed E-state index contributed by atoms with van der Waals surface area (Å²) in [7, 11) is 0. The fourth-order valence-electron chi connectivity index (χ4n) is 2.44. The topological polar surface area (TPSA) is 66.5 Å². The quantitative estimate of drug-likeness (QED) is 0.333. The van der Waals surface area contributed by atoms with Gasteiger partial charge in [-0.05, 0) is 36.0 Å². The summed E-state index contributed by atoms with van der Waals surface area (Å²) in [6.45, 7) is 0. The highest BCUT2D eigenvalue weighted by atomic mass is 35.5. The maximum Gasteiger partial charge on any atom is 0.416 e. The van der Waals surface area contributed by atoms with Crippen molar-refractivity contribution in [3.05, 3.63) is 57.8 Å². The number of anilines is 2. The number of nitrogens with zero attached hydrogens (tertiary/aromatic N) is 4. The van der Waals surface area contributed by atoms with Gasteiger partial charge < -0.3 is 5.32 Å². The van der Waals surface area contributed by atoms with Gasteiger partial charge >= 0.3 is 6.18 Å². The number of benzene rings is 1. The number of alkyl halides is 5. The van der Waals surface area contributed by atoms with Crippen LogP contribution in [0, 0.1) is 11.3 Å². The number of rotatable bonds is 5. The number of halogens is 7. The molecule has 0 radical (unpaired) electrons. The summed E-state index contributed by atoms with van der Waals surface area (Å²) in [6.07, 6.45) is -3.29. The molecular weight excluding hydrogens is 472 g/mol. The smallest absolute Gasteiger partial charge is 0.324 e. The lowest BCUT2D eigenvalue weighted by atomic mass is 10.2. The summed E-state index contributed by atoms with van der Waals surface area (Å²) >= 11 is 12.1. The average molecular weight is 480 g/mol. The third-order valence-corrected chi connectivity index (χ3v) is 5.00. The third kappa shape index (κ3) is 4.61. The summed E-state index contributed by atoms with van der Waals surface area (Å²) < 4.78 is 66.2. The van der Waals surface area contributed by atoms with Crippen molar-refractivity contribution < 1.29 is 22.0 Å². The van der Waals surface area contributed by atoms with Crippen molar-refractivity contribution in [2.45, 2.75) is 16.8 Å². The van der Waals surface area contributed by atoms with Crippen molar-refractivity contribution in [1.82, 2.24) is 14.8 Å². The first-order chi connectivity index (χ1) is 14.1. The number of hydrogen-bond acceptors (Lipinski definition) is 5. The second kappa shape index (κ2) is 8.67. The molecule has 3 aromatic rings. The first-order valence-corrected chi connectivity index (χ1v) is 9.48. The molecule has 156 valence electrons. The van der Waals surface area contributed by atoms with Gasteiger partial charge in [0.25, 0.3) is 5.76 Å². The van der Waals surface area contributed by atoms with Gasteiger partial charge in [-0.2, -0.15) is 32.3 Å². The Hall–Kier alpha value is -2.55. The predicted octanol–water partition coefficient (Wildman–Crippen LogP) is 6.52. The van der Waals surface area contributed by atoms with E-state index in [1.54, 1.807) is 18.2 Å². The summed E-state index contributed by atoms with van der Waals surface area (Å²) in [6, 6.07) is 7.66. The van der Waals surface area contributed by atoms with Gasteiger partial charge in [-0.1, -0.05) is 29.3 Å². The summed E-state index contributed by atoms with van der Waals surface area (Å²) in [5.74, 6) is -2.85. The van der Waals surface area contributed by atoms with Crippen LogP contribution in [-0.2, 0) is 6.18 Å². The molecule has 0 atom stereocenters.